The molecule has 0 aliphatic rings. The van der Waals surface area contributed by atoms with Crippen LogP contribution in [0.2, 0.25) is 0 Å². The van der Waals surface area contributed by atoms with Gasteiger partial charge in [0.2, 0.25) is 0 Å². The van der Waals surface area contributed by atoms with Gasteiger partial charge in [0.05, 0.1) is 6.61 Å². The van der Waals surface area contributed by atoms with Crippen LogP contribution >= 0.6 is 16.5 Å². The van der Waals surface area contributed by atoms with E-state index < -0.39 is 16.5 Å². The van der Waals surface area contributed by atoms with Crippen molar-refractivity contribution in [3.63, 3.8) is 0 Å². The maximum absolute atomic E-state index is 8.78. The van der Waals surface area contributed by atoms with Crippen molar-refractivity contribution in [2.45, 2.75) is 136 Å². The van der Waals surface area contributed by atoms with Gasteiger partial charge in [0.25, 0.3) is 0 Å². The van der Waals surface area contributed by atoms with Crippen LogP contribution in [0.4, 0.5) is 0 Å². The third-order valence-electron chi connectivity index (χ3n) is 5.27. The number of hydrogen-bond acceptors (Lipinski definition) is 6. The van der Waals surface area contributed by atoms with E-state index in [0.29, 0.717) is 6.61 Å². The summed E-state index contributed by atoms with van der Waals surface area (Å²) in [5.41, 5.74) is 0. The maximum Gasteiger partial charge on any atom is 0.403 e. The first-order valence-corrected chi connectivity index (χ1v) is 15.7. The quantitative estimate of drug-likeness (QED) is 0.0804. The molecule has 0 fully saturated rings. The van der Waals surface area contributed by atoms with E-state index in [4.69, 9.17) is 24.5 Å². The average molecular weight is 488 g/mol. The molecule has 0 saturated carbocycles. The van der Waals surface area contributed by atoms with Gasteiger partial charge in [0, 0.05) is 0 Å². The predicted octanol–water partition coefficient (Wildman–Crippen LogP) is 7.39. The molecule has 0 aromatic heterocycles. The largest absolute Gasteiger partial charge is 0.403 e. The lowest BCUT2D eigenvalue weighted by Gasteiger charge is -2.04. The monoisotopic (exact) mass is 487 g/mol. The van der Waals surface area contributed by atoms with Crippen molar-refractivity contribution in [3.8, 4) is 0 Å². The first-order chi connectivity index (χ1) is 14.8. The van der Waals surface area contributed by atoms with Gasteiger partial charge in [0.15, 0.2) is 0 Å². The van der Waals surface area contributed by atoms with Crippen molar-refractivity contribution < 1.29 is 29.0 Å². The molecular weight excluding hydrogens is 434 g/mol. The number of rotatable bonds is 22. The van der Waals surface area contributed by atoms with Gasteiger partial charge in [-0.3, -0.25) is 0 Å². The third-order valence-corrected chi connectivity index (χ3v) is 6.60. The highest BCUT2D eigenvalue weighted by molar-refractivity contribution is 7.58. The van der Waals surface area contributed by atoms with Gasteiger partial charge in [-0.2, -0.15) is 14.7 Å². The summed E-state index contributed by atoms with van der Waals surface area (Å²) in [6, 6.07) is 0. The minimum atomic E-state index is -3.49. The smallest absolute Gasteiger partial charge is 0.328 e. The van der Waals surface area contributed by atoms with Gasteiger partial charge in [-0.15, -0.1) is 0 Å². The zero-order valence-electron chi connectivity index (χ0n) is 20.4. The van der Waals surface area contributed by atoms with Crippen LogP contribution in [0, 0.1) is 0 Å². The zero-order chi connectivity index (χ0) is 23.6. The molecule has 0 aliphatic heterocycles. The molecule has 8 heteroatoms. The van der Waals surface area contributed by atoms with E-state index in [-0.39, 0.29) is 6.16 Å². The van der Waals surface area contributed by atoms with Gasteiger partial charge in [0.1, 0.15) is 6.16 Å². The Morgan fingerprint density at radius 1 is 0.516 bits per heavy atom. The van der Waals surface area contributed by atoms with Crippen molar-refractivity contribution in [2.24, 2.45) is 0 Å². The van der Waals surface area contributed by atoms with Crippen molar-refractivity contribution in [2.75, 3.05) is 12.8 Å². The van der Waals surface area contributed by atoms with Crippen LogP contribution in [-0.2, 0) is 4.52 Å². The second-order valence-electron chi connectivity index (χ2n) is 8.51. The average Bonchev–Trinajstić information content (AvgIpc) is 2.70. The standard InChI is InChI=1S/C13H30O3P.C10H23O3P/c1-2-3-4-5-6-7-8-9-10-11-12-13-17(14,15)16;1-2-3-4-5-6-7-8-9-10-13-14(11)12/h14-16H,2-13H2,1H3;11-12H,2-10H2,1H3/q+1;. The second-order valence-corrected chi connectivity index (χ2v) is 11.1. The minimum absolute atomic E-state index is 0.171. The Bertz CT molecular complexity index is 328. The molecule has 0 bridgehead atoms. The molecule has 0 aliphatic carbocycles. The van der Waals surface area contributed by atoms with E-state index in [1.165, 1.54) is 89.9 Å². The second kappa shape index (κ2) is 26.9. The van der Waals surface area contributed by atoms with Crippen LogP contribution in [0.5, 0.6) is 0 Å². The van der Waals surface area contributed by atoms with Gasteiger partial charge in [-0.05, 0) is 19.3 Å². The summed E-state index contributed by atoms with van der Waals surface area (Å²) in [7, 11) is -5.63. The number of unbranched alkanes of at least 4 members (excludes halogenated alkanes) is 17. The zero-order valence-corrected chi connectivity index (χ0v) is 22.2. The van der Waals surface area contributed by atoms with Crippen LogP contribution < -0.4 is 0 Å². The topological polar surface area (TPSA) is 110 Å². The summed E-state index contributed by atoms with van der Waals surface area (Å²) < 4.78 is 4.66. The van der Waals surface area contributed by atoms with Crippen molar-refractivity contribution in [3.05, 3.63) is 0 Å². The van der Waals surface area contributed by atoms with E-state index >= 15 is 0 Å². The van der Waals surface area contributed by atoms with Gasteiger partial charge in [-0.1, -0.05) is 117 Å². The minimum Gasteiger partial charge on any atom is -0.328 e. The Labute approximate surface area is 194 Å². The van der Waals surface area contributed by atoms with Crippen LogP contribution in [-0.4, -0.2) is 37.2 Å². The van der Waals surface area contributed by atoms with Crippen molar-refractivity contribution >= 4 is 16.5 Å². The normalized spacial score (nSPS) is 11.6. The van der Waals surface area contributed by atoms with Gasteiger partial charge in [-0.25, -0.2) is 0 Å². The Balaban J connectivity index is 0. The summed E-state index contributed by atoms with van der Waals surface area (Å²) in [6.45, 7) is 4.94. The first-order valence-electron chi connectivity index (χ1n) is 12.7. The summed E-state index contributed by atoms with van der Waals surface area (Å²) in [6.07, 6.45) is 23.7. The van der Waals surface area contributed by atoms with Crippen LogP contribution in [0.3, 0.4) is 0 Å². The molecule has 0 amide bonds. The fraction of sp³-hybridized carbons (Fsp3) is 1.00. The molecule has 190 valence electrons. The highest BCUT2D eigenvalue weighted by Crippen LogP contribution is 2.45. The molecular formula is C23H53O6P2+. The van der Waals surface area contributed by atoms with Crippen molar-refractivity contribution in [1.29, 1.82) is 0 Å². The van der Waals surface area contributed by atoms with E-state index in [1.807, 2.05) is 0 Å². The molecule has 0 spiro atoms. The summed E-state index contributed by atoms with van der Waals surface area (Å²) in [5, 5.41) is 0. The molecule has 0 rings (SSSR count). The Morgan fingerprint density at radius 3 is 1.16 bits per heavy atom. The van der Waals surface area contributed by atoms with E-state index in [1.54, 1.807) is 0 Å². The molecule has 0 saturated heterocycles. The van der Waals surface area contributed by atoms with Gasteiger partial charge < -0.3 is 14.3 Å². The van der Waals surface area contributed by atoms with Gasteiger partial charge >= 0.3 is 16.5 Å². The molecule has 0 heterocycles. The van der Waals surface area contributed by atoms with Crippen molar-refractivity contribution in [1.82, 2.24) is 0 Å². The highest BCUT2D eigenvalue weighted by Gasteiger charge is 2.27. The number of hydrogen-bond donors (Lipinski definition) is 5. The predicted molar refractivity (Wildman–Crippen MR) is 135 cm³/mol. The summed E-state index contributed by atoms with van der Waals surface area (Å²) >= 11 is 0. The van der Waals surface area contributed by atoms with E-state index in [9.17, 15) is 0 Å². The Kier molecular flexibility index (Phi) is 29.3. The molecule has 31 heavy (non-hydrogen) atoms. The summed E-state index contributed by atoms with van der Waals surface area (Å²) in [5.74, 6) is 0. The molecule has 0 unspecified atom stereocenters. The Hall–Kier alpha value is 0.620. The molecule has 5 N–H and O–H groups in total. The molecule has 0 aromatic rings. The lowest BCUT2D eigenvalue weighted by atomic mass is 10.1. The third kappa shape index (κ3) is 38.2. The first kappa shape index (κ1) is 33.8. The molecule has 0 atom stereocenters. The van der Waals surface area contributed by atoms with Crippen LogP contribution in [0.15, 0.2) is 0 Å². The summed E-state index contributed by atoms with van der Waals surface area (Å²) in [4.78, 5) is 43.3. The van der Waals surface area contributed by atoms with E-state index in [0.717, 1.165) is 32.1 Å². The highest BCUT2D eigenvalue weighted by atomic mass is 31.2. The SMILES string of the molecule is CCCCCCCCCCCCC[P+](O)(O)O.CCCCCCCCCCOP(O)O. The molecule has 0 radical (unpaired) electrons. The fourth-order valence-corrected chi connectivity index (χ4v) is 4.31. The lowest BCUT2D eigenvalue weighted by Crippen LogP contribution is -1.95. The molecule has 6 nitrogen and oxygen atoms in total. The van der Waals surface area contributed by atoms with E-state index in [2.05, 4.69) is 18.4 Å². The van der Waals surface area contributed by atoms with Crippen LogP contribution in [0.25, 0.3) is 0 Å². The lowest BCUT2D eigenvalue weighted by molar-refractivity contribution is 0.248. The maximum atomic E-state index is 8.78. The Morgan fingerprint density at radius 2 is 0.839 bits per heavy atom. The molecule has 0 aromatic carbocycles. The fourth-order valence-electron chi connectivity index (χ4n) is 3.37. The van der Waals surface area contributed by atoms with Crippen LogP contribution in [0.1, 0.15) is 136 Å².